The van der Waals surface area contributed by atoms with Crippen molar-refractivity contribution in [1.29, 1.82) is 0 Å². The molecule has 2 amide bonds. The van der Waals surface area contributed by atoms with Gasteiger partial charge in [0, 0.05) is 32.8 Å². The van der Waals surface area contributed by atoms with Crippen molar-refractivity contribution in [3.8, 4) is 0 Å². The molecule has 2 aliphatic heterocycles. The number of hydrogen-bond acceptors (Lipinski definition) is 3. The van der Waals surface area contributed by atoms with Gasteiger partial charge >= 0.3 is 0 Å². The van der Waals surface area contributed by atoms with Crippen molar-refractivity contribution >= 4 is 11.8 Å². The van der Waals surface area contributed by atoms with Crippen LogP contribution in [-0.2, 0) is 16.6 Å². The zero-order valence-corrected chi connectivity index (χ0v) is 15.5. The second kappa shape index (κ2) is 7.20. The number of hydrogen-bond donors (Lipinski definition) is 1. The van der Waals surface area contributed by atoms with E-state index in [1.54, 1.807) is 0 Å². The van der Waals surface area contributed by atoms with Gasteiger partial charge in [-0.15, -0.1) is 0 Å². The highest BCUT2D eigenvalue weighted by Gasteiger charge is 2.53. The molecule has 6 heteroatoms. The molecule has 1 aromatic heterocycles. The van der Waals surface area contributed by atoms with E-state index in [2.05, 4.69) is 19.2 Å². The number of carbonyl (C=O) groups excluding carboxylic acids is 2. The molecule has 3 heterocycles. The first-order chi connectivity index (χ1) is 11.9. The van der Waals surface area contributed by atoms with Crippen molar-refractivity contribution in [3.05, 3.63) is 24.0 Å². The zero-order valence-electron chi connectivity index (χ0n) is 15.5. The summed E-state index contributed by atoms with van der Waals surface area (Å²) in [4.78, 5) is 26.3. The van der Waals surface area contributed by atoms with Gasteiger partial charge in [0.1, 0.15) is 11.3 Å². The quantitative estimate of drug-likeness (QED) is 0.854. The summed E-state index contributed by atoms with van der Waals surface area (Å²) in [7, 11) is 1.87. The summed E-state index contributed by atoms with van der Waals surface area (Å²) in [6.07, 6.45) is 4.37. The number of nitrogens with one attached hydrogen (secondary N) is 1. The Bertz CT molecular complexity index is 632. The van der Waals surface area contributed by atoms with Crippen molar-refractivity contribution < 1.29 is 14.3 Å². The molecule has 0 aliphatic carbocycles. The van der Waals surface area contributed by atoms with Crippen molar-refractivity contribution in [3.63, 3.8) is 0 Å². The minimum absolute atomic E-state index is 0.0391. The van der Waals surface area contributed by atoms with Crippen LogP contribution < -0.4 is 5.32 Å². The normalized spacial score (nSPS) is 21.6. The van der Waals surface area contributed by atoms with Crippen molar-refractivity contribution in [2.24, 2.45) is 18.9 Å². The minimum atomic E-state index is -0.178. The van der Waals surface area contributed by atoms with Crippen LogP contribution in [0, 0.1) is 11.8 Å². The second-order valence-electron chi connectivity index (χ2n) is 7.80. The molecular formula is C19H29N3O3. The molecule has 2 aliphatic rings. The minimum Gasteiger partial charge on any atom is -0.371 e. The van der Waals surface area contributed by atoms with Gasteiger partial charge in [0.2, 0.25) is 5.91 Å². The molecule has 1 unspecified atom stereocenters. The van der Waals surface area contributed by atoms with Gasteiger partial charge in [0.15, 0.2) is 0 Å². The number of aromatic nitrogens is 1. The summed E-state index contributed by atoms with van der Waals surface area (Å²) < 4.78 is 7.83. The number of rotatable bonds is 6. The standard InChI is InChI=1S/C19H29N3O3/c1-14(2)11-17(23)22-12-19(13-22)15(7-10-25-19)6-8-20-18(24)16-5-4-9-21(16)3/h4-5,9,14-15H,6-8,10-13H2,1-3H3,(H,20,24). The fourth-order valence-electron chi connectivity index (χ4n) is 3.94. The first-order valence-electron chi connectivity index (χ1n) is 9.22. The van der Waals surface area contributed by atoms with Gasteiger partial charge in [-0.1, -0.05) is 13.8 Å². The Labute approximate surface area is 149 Å². The predicted octanol–water partition coefficient (Wildman–Crippen LogP) is 1.81. The highest BCUT2D eigenvalue weighted by atomic mass is 16.5. The van der Waals surface area contributed by atoms with E-state index in [1.807, 2.05) is 34.8 Å². The molecule has 1 N–H and O–H groups in total. The van der Waals surface area contributed by atoms with Gasteiger partial charge < -0.3 is 19.5 Å². The molecule has 25 heavy (non-hydrogen) atoms. The van der Waals surface area contributed by atoms with Crippen molar-refractivity contribution in [2.75, 3.05) is 26.2 Å². The van der Waals surface area contributed by atoms with Crippen molar-refractivity contribution in [2.45, 2.75) is 38.7 Å². The molecule has 0 saturated carbocycles. The number of amides is 2. The van der Waals surface area contributed by atoms with Gasteiger partial charge in [-0.3, -0.25) is 9.59 Å². The Morgan fingerprint density at radius 3 is 2.80 bits per heavy atom. The topological polar surface area (TPSA) is 63.6 Å². The highest BCUT2D eigenvalue weighted by molar-refractivity contribution is 5.92. The maximum atomic E-state index is 12.2. The van der Waals surface area contributed by atoms with Crippen LogP contribution >= 0.6 is 0 Å². The van der Waals surface area contributed by atoms with Gasteiger partial charge in [-0.25, -0.2) is 0 Å². The van der Waals surface area contributed by atoms with E-state index in [4.69, 9.17) is 4.74 Å². The lowest BCUT2D eigenvalue weighted by atomic mass is 9.78. The van der Waals surface area contributed by atoms with E-state index < -0.39 is 0 Å². The monoisotopic (exact) mass is 347 g/mol. The first kappa shape index (κ1) is 18.0. The van der Waals surface area contributed by atoms with E-state index >= 15 is 0 Å². The fourth-order valence-corrected chi connectivity index (χ4v) is 3.94. The lowest BCUT2D eigenvalue weighted by Crippen LogP contribution is -2.66. The molecule has 0 bridgehead atoms. The van der Waals surface area contributed by atoms with E-state index in [1.165, 1.54) is 0 Å². The third-order valence-electron chi connectivity index (χ3n) is 5.41. The molecule has 2 saturated heterocycles. The number of aryl methyl sites for hydroxylation is 1. The molecule has 0 aromatic carbocycles. The molecule has 3 rings (SSSR count). The maximum absolute atomic E-state index is 12.2. The van der Waals surface area contributed by atoms with Crippen LogP contribution in [0.2, 0.25) is 0 Å². The lowest BCUT2D eigenvalue weighted by Gasteiger charge is -2.50. The van der Waals surface area contributed by atoms with Crippen LogP contribution in [0.4, 0.5) is 0 Å². The Kier molecular flexibility index (Phi) is 5.18. The molecule has 0 radical (unpaired) electrons. The largest absolute Gasteiger partial charge is 0.371 e. The Balaban J connectivity index is 1.46. The average molecular weight is 347 g/mol. The Morgan fingerprint density at radius 2 is 2.16 bits per heavy atom. The highest BCUT2D eigenvalue weighted by Crippen LogP contribution is 2.41. The van der Waals surface area contributed by atoms with Crippen molar-refractivity contribution in [1.82, 2.24) is 14.8 Å². The summed E-state index contributed by atoms with van der Waals surface area (Å²) in [5, 5.41) is 3.00. The summed E-state index contributed by atoms with van der Waals surface area (Å²) in [5.41, 5.74) is 0.494. The Morgan fingerprint density at radius 1 is 1.40 bits per heavy atom. The predicted molar refractivity (Wildman–Crippen MR) is 95.2 cm³/mol. The molecular weight excluding hydrogens is 318 g/mol. The second-order valence-corrected chi connectivity index (χ2v) is 7.80. The molecule has 1 spiro atoms. The van der Waals surface area contributed by atoms with Crippen LogP contribution in [0.15, 0.2) is 18.3 Å². The van der Waals surface area contributed by atoms with Gasteiger partial charge in [0.05, 0.1) is 13.1 Å². The molecule has 6 nitrogen and oxygen atoms in total. The summed E-state index contributed by atoms with van der Waals surface area (Å²) in [6, 6.07) is 3.69. The summed E-state index contributed by atoms with van der Waals surface area (Å²) in [6.45, 7) is 6.93. The number of likely N-dealkylation sites (tertiary alicyclic amines) is 1. The number of ether oxygens (including phenoxy) is 1. The molecule has 1 atom stereocenters. The van der Waals surface area contributed by atoms with Crippen LogP contribution in [0.25, 0.3) is 0 Å². The van der Waals surface area contributed by atoms with E-state index in [9.17, 15) is 9.59 Å². The average Bonchev–Trinajstić information content (AvgIpc) is 3.11. The van der Waals surface area contributed by atoms with Crippen LogP contribution in [0.5, 0.6) is 0 Å². The Hall–Kier alpha value is -1.82. The molecule has 138 valence electrons. The molecule has 2 fully saturated rings. The smallest absolute Gasteiger partial charge is 0.267 e. The number of carbonyl (C=O) groups is 2. The van der Waals surface area contributed by atoms with Crippen LogP contribution in [0.3, 0.4) is 0 Å². The third kappa shape index (κ3) is 3.73. The van der Waals surface area contributed by atoms with Gasteiger partial charge in [-0.05, 0) is 36.8 Å². The SMILES string of the molecule is CC(C)CC(=O)N1CC2(C1)OCCC2CCNC(=O)c1cccn1C. The van der Waals surface area contributed by atoms with Gasteiger partial charge in [-0.2, -0.15) is 0 Å². The first-order valence-corrected chi connectivity index (χ1v) is 9.22. The fraction of sp³-hybridized carbons (Fsp3) is 0.684. The lowest BCUT2D eigenvalue weighted by molar-refractivity contribution is -0.166. The molecule has 1 aromatic rings. The maximum Gasteiger partial charge on any atom is 0.267 e. The van der Waals surface area contributed by atoms with E-state index in [0.717, 1.165) is 19.4 Å². The van der Waals surface area contributed by atoms with E-state index in [-0.39, 0.29) is 17.4 Å². The summed E-state index contributed by atoms with van der Waals surface area (Å²) in [5.74, 6) is 0.982. The van der Waals surface area contributed by atoms with E-state index in [0.29, 0.717) is 43.6 Å². The zero-order chi connectivity index (χ0) is 18.0. The van der Waals surface area contributed by atoms with Gasteiger partial charge in [0.25, 0.3) is 5.91 Å². The number of nitrogens with zero attached hydrogens (tertiary/aromatic N) is 2. The third-order valence-corrected chi connectivity index (χ3v) is 5.41. The van der Waals surface area contributed by atoms with Crippen LogP contribution in [0.1, 0.15) is 43.6 Å². The summed E-state index contributed by atoms with van der Waals surface area (Å²) >= 11 is 0. The van der Waals surface area contributed by atoms with Crippen LogP contribution in [-0.4, -0.2) is 53.1 Å².